The number of hydrogen-bond acceptors (Lipinski definition) is 4. The molecule has 5 nitrogen and oxygen atoms in total. The Kier molecular flexibility index (Phi) is 3.33. The number of carboxylic acids is 1. The molecule has 7 heteroatoms. The molecular formula is C8H8ClNO4S. The minimum Gasteiger partial charge on any atom is -0.479 e. The number of rotatable bonds is 3. The van der Waals surface area contributed by atoms with E-state index in [1.807, 2.05) is 0 Å². The fraction of sp³-hybridized carbons (Fsp3) is 0.125. The summed E-state index contributed by atoms with van der Waals surface area (Å²) >= 11 is 5.58. The second-order valence-electron chi connectivity index (χ2n) is 2.76. The first-order chi connectivity index (χ1) is 6.85. The van der Waals surface area contributed by atoms with E-state index in [-0.39, 0.29) is 9.92 Å². The van der Waals surface area contributed by atoms with Crippen molar-refractivity contribution in [2.24, 2.45) is 5.73 Å². The Morgan fingerprint density at radius 3 is 2.53 bits per heavy atom. The van der Waals surface area contributed by atoms with Crippen LogP contribution in [0.2, 0.25) is 5.02 Å². The van der Waals surface area contributed by atoms with Crippen LogP contribution in [0.25, 0.3) is 0 Å². The van der Waals surface area contributed by atoms with Crippen molar-refractivity contribution in [2.45, 2.75) is 10.3 Å². The van der Waals surface area contributed by atoms with Gasteiger partial charge in [-0.1, -0.05) is 17.7 Å². The number of aliphatic carboxylic acids is 1. The standard InChI is InChI=1S/C8H8ClNO4S/c9-5-2-1-3-6(4-5)15(13,14)7(10)8(11)12/h1-4,7H,10H2,(H,11,12). The summed E-state index contributed by atoms with van der Waals surface area (Å²) in [4.78, 5) is 10.3. The Hall–Kier alpha value is -1.11. The third kappa shape index (κ3) is 2.47. The van der Waals surface area contributed by atoms with E-state index in [1.54, 1.807) is 0 Å². The zero-order valence-electron chi connectivity index (χ0n) is 7.42. The van der Waals surface area contributed by atoms with E-state index in [4.69, 9.17) is 22.4 Å². The minimum absolute atomic E-state index is 0.202. The zero-order chi connectivity index (χ0) is 11.6. The summed E-state index contributed by atoms with van der Waals surface area (Å²) < 4.78 is 23.1. The highest BCUT2D eigenvalue weighted by Crippen LogP contribution is 2.18. The molecule has 3 N–H and O–H groups in total. The molecular weight excluding hydrogens is 242 g/mol. The Morgan fingerprint density at radius 2 is 2.07 bits per heavy atom. The Balaban J connectivity index is 3.23. The van der Waals surface area contributed by atoms with Crippen LogP contribution in [0.4, 0.5) is 0 Å². The molecule has 0 aliphatic carbocycles. The zero-order valence-corrected chi connectivity index (χ0v) is 8.99. The van der Waals surface area contributed by atoms with Gasteiger partial charge in [-0.05, 0) is 18.2 Å². The van der Waals surface area contributed by atoms with Gasteiger partial charge in [-0.3, -0.25) is 0 Å². The van der Waals surface area contributed by atoms with Crippen molar-refractivity contribution in [3.05, 3.63) is 29.3 Å². The predicted octanol–water partition coefficient (Wildman–Crippen LogP) is 0.483. The molecule has 0 saturated heterocycles. The molecule has 1 aromatic rings. The molecule has 1 rings (SSSR count). The molecule has 0 spiro atoms. The predicted molar refractivity (Wildman–Crippen MR) is 54.2 cm³/mol. The van der Waals surface area contributed by atoms with Crippen molar-refractivity contribution in [3.63, 3.8) is 0 Å². The molecule has 82 valence electrons. The average Bonchev–Trinajstić information content (AvgIpc) is 2.16. The molecule has 0 aliphatic heterocycles. The molecule has 0 bridgehead atoms. The highest BCUT2D eigenvalue weighted by molar-refractivity contribution is 7.92. The van der Waals surface area contributed by atoms with Crippen LogP contribution in [0.3, 0.4) is 0 Å². The molecule has 0 aliphatic rings. The summed E-state index contributed by atoms with van der Waals surface area (Å²) in [6.07, 6.45) is 0. The van der Waals surface area contributed by atoms with Crippen LogP contribution in [0.5, 0.6) is 0 Å². The van der Waals surface area contributed by atoms with Crippen LogP contribution in [-0.2, 0) is 14.6 Å². The second-order valence-corrected chi connectivity index (χ2v) is 5.27. The summed E-state index contributed by atoms with van der Waals surface area (Å²) in [7, 11) is -4.07. The summed E-state index contributed by atoms with van der Waals surface area (Å²) in [6.45, 7) is 0. The number of carbonyl (C=O) groups is 1. The van der Waals surface area contributed by atoms with Gasteiger partial charge in [-0.15, -0.1) is 0 Å². The molecule has 15 heavy (non-hydrogen) atoms. The van der Waals surface area contributed by atoms with Gasteiger partial charge in [0.2, 0.25) is 15.2 Å². The fourth-order valence-electron chi connectivity index (χ4n) is 0.923. The first kappa shape index (κ1) is 12.0. The van der Waals surface area contributed by atoms with Gasteiger partial charge in [-0.2, -0.15) is 0 Å². The van der Waals surface area contributed by atoms with E-state index in [1.165, 1.54) is 18.2 Å². The van der Waals surface area contributed by atoms with Crippen molar-refractivity contribution in [1.29, 1.82) is 0 Å². The highest BCUT2D eigenvalue weighted by atomic mass is 35.5. The van der Waals surface area contributed by atoms with Gasteiger partial charge >= 0.3 is 5.97 Å². The largest absolute Gasteiger partial charge is 0.479 e. The van der Waals surface area contributed by atoms with Crippen molar-refractivity contribution < 1.29 is 18.3 Å². The van der Waals surface area contributed by atoms with E-state index >= 15 is 0 Å². The van der Waals surface area contributed by atoms with Gasteiger partial charge in [-0.25, -0.2) is 13.2 Å². The van der Waals surface area contributed by atoms with E-state index in [2.05, 4.69) is 0 Å². The second kappa shape index (κ2) is 4.18. The Bertz CT molecular complexity index is 485. The van der Waals surface area contributed by atoms with Gasteiger partial charge in [0.25, 0.3) is 0 Å². The van der Waals surface area contributed by atoms with Gasteiger partial charge in [0.1, 0.15) is 0 Å². The van der Waals surface area contributed by atoms with E-state index in [0.29, 0.717) is 0 Å². The molecule has 1 atom stereocenters. The molecule has 0 fully saturated rings. The first-order valence-electron chi connectivity index (χ1n) is 3.83. The lowest BCUT2D eigenvalue weighted by molar-refractivity contribution is -0.136. The third-order valence-electron chi connectivity index (χ3n) is 1.70. The summed E-state index contributed by atoms with van der Waals surface area (Å²) in [5.74, 6) is -1.60. The highest BCUT2D eigenvalue weighted by Gasteiger charge is 2.30. The minimum atomic E-state index is -4.07. The van der Waals surface area contributed by atoms with Crippen molar-refractivity contribution in [2.75, 3.05) is 0 Å². The SMILES string of the molecule is NC(C(=O)O)S(=O)(=O)c1cccc(Cl)c1. The van der Waals surface area contributed by atoms with Crippen LogP contribution in [0, 0.1) is 0 Å². The topological polar surface area (TPSA) is 97.5 Å². The molecule has 0 saturated carbocycles. The third-order valence-corrected chi connectivity index (χ3v) is 3.72. The van der Waals surface area contributed by atoms with Crippen molar-refractivity contribution >= 4 is 27.4 Å². The van der Waals surface area contributed by atoms with Gasteiger partial charge in [0.15, 0.2) is 0 Å². The molecule has 1 unspecified atom stereocenters. The quantitative estimate of drug-likeness (QED) is 0.812. The van der Waals surface area contributed by atoms with Crippen LogP contribution in [0.1, 0.15) is 0 Å². The van der Waals surface area contributed by atoms with E-state index < -0.39 is 21.2 Å². The summed E-state index contributed by atoms with van der Waals surface area (Å²) in [5.41, 5.74) is 5.05. The van der Waals surface area contributed by atoms with Crippen LogP contribution >= 0.6 is 11.6 Å². The van der Waals surface area contributed by atoms with Crippen LogP contribution in [0.15, 0.2) is 29.2 Å². The van der Waals surface area contributed by atoms with Gasteiger partial charge in [0, 0.05) is 5.02 Å². The fourth-order valence-corrected chi connectivity index (χ4v) is 2.30. The van der Waals surface area contributed by atoms with E-state index in [9.17, 15) is 13.2 Å². The normalized spacial score (nSPS) is 13.5. The molecule has 0 aromatic heterocycles. The Labute approximate surface area is 91.4 Å². The first-order valence-corrected chi connectivity index (χ1v) is 5.76. The number of carboxylic acid groups (broad SMARTS) is 1. The van der Waals surface area contributed by atoms with Gasteiger partial charge < -0.3 is 10.8 Å². The lowest BCUT2D eigenvalue weighted by Crippen LogP contribution is -2.38. The molecule has 0 heterocycles. The summed E-state index contributed by atoms with van der Waals surface area (Å²) in [5, 5.41) is 6.74. The molecule has 0 amide bonds. The van der Waals surface area contributed by atoms with E-state index in [0.717, 1.165) is 6.07 Å². The average molecular weight is 250 g/mol. The number of hydrogen-bond donors (Lipinski definition) is 2. The lowest BCUT2D eigenvalue weighted by atomic mass is 10.4. The van der Waals surface area contributed by atoms with Crippen molar-refractivity contribution in [3.8, 4) is 0 Å². The van der Waals surface area contributed by atoms with Crippen molar-refractivity contribution in [1.82, 2.24) is 0 Å². The van der Waals surface area contributed by atoms with Gasteiger partial charge in [0.05, 0.1) is 4.90 Å². The number of halogens is 1. The maximum Gasteiger partial charge on any atom is 0.336 e. The number of benzene rings is 1. The summed E-state index contributed by atoms with van der Waals surface area (Å²) in [6, 6.07) is 5.28. The smallest absolute Gasteiger partial charge is 0.336 e. The van der Waals surface area contributed by atoms with Crippen LogP contribution in [-0.4, -0.2) is 24.9 Å². The Morgan fingerprint density at radius 1 is 1.47 bits per heavy atom. The monoisotopic (exact) mass is 249 g/mol. The maximum atomic E-state index is 11.6. The maximum absolute atomic E-state index is 11.6. The molecule has 0 radical (unpaired) electrons. The van der Waals surface area contributed by atoms with Crippen LogP contribution < -0.4 is 5.73 Å². The molecule has 1 aromatic carbocycles. The number of sulfone groups is 1. The number of nitrogens with two attached hydrogens (primary N) is 1. The lowest BCUT2D eigenvalue weighted by Gasteiger charge is -2.08.